The van der Waals surface area contributed by atoms with Crippen molar-refractivity contribution >= 4 is 28.4 Å². The number of anilines is 1. The van der Waals surface area contributed by atoms with Crippen LogP contribution in [0.4, 0.5) is 10.1 Å². The summed E-state index contributed by atoms with van der Waals surface area (Å²) in [7, 11) is 1.51. The largest absolute Gasteiger partial charge is 0.495 e. The summed E-state index contributed by atoms with van der Waals surface area (Å²) in [5.74, 6) is -0.667. The first-order valence-corrected chi connectivity index (χ1v) is 7.68. The quantitative estimate of drug-likeness (QED) is 0.784. The predicted octanol–water partition coefficient (Wildman–Crippen LogP) is 4.01. The molecule has 0 aliphatic carbocycles. The van der Waals surface area contributed by atoms with Gasteiger partial charge in [0.1, 0.15) is 11.6 Å². The lowest BCUT2D eigenvalue weighted by atomic mass is 10.1. The van der Waals surface area contributed by atoms with Crippen molar-refractivity contribution in [2.24, 2.45) is 0 Å². The fourth-order valence-corrected chi connectivity index (χ4v) is 2.75. The van der Waals surface area contributed by atoms with Gasteiger partial charge < -0.3 is 10.1 Å². The van der Waals surface area contributed by atoms with Gasteiger partial charge in [-0.25, -0.2) is 4.39 Å². The molecule has 0 saturated carbocycles. The number of hydrogen-bond acceptors (Lipinski definition) is 3. The van der Waals surface area contributed by atoms with Crippen LogP contribution >= 0.6 is 0 Å². The molecule has 128 valence electrons. The van der Waals surface area contributed by atoms with Crippen molar-refractivity contribution in [3.05, 3.63) is 59.5 Å². The zero-order valence-electron chi connectivity index (χ0n) is 14.1. The van der Waals surface area contributed by atoms with E-state index < -0.39 is 11.7 Å². The van der Waals surface area contributed by atoms with E-state index in [9.17, 15) is 14.0 Å². The Morgan fingerprint density at radius 2 is 1.92 bits per heavy atom. The van der Waals surface area contributed by atoms with E-state index >= 15 is 0 Å². The zero-order valence-corrected chi connectivity index (χ0v) is 14.1. The number of aryl methyl sites for hydroxylation is 1. The monoisotopic (exact) mass is 340 g/mol. The van der Waals surface area contributed by atoms with Crippen molar-refractivity contribution in [1.29, 1.82) is 0 Å². The maximum absolute atomic E-state index is 13.6. The number of halogens is 1. The van der Waals surface area contributed by atoms with Crippen LogP contribution in [-0.2, 0) is 0 Å². The van der Waals surface area contributed by atoms with E-state index in [1.54, 1.807) is 12.1 Å². The van der Waals surface area contributed by atoms with Crippen LogP contribution in [0.1, 0.15) is 27.6 Å². The molecule has 0 saturated heterocycles. The molecule has 25 heavy (non-hydrogen) atoms. The number of hydrogen-bond donors (Lipinski definition) is 1. The highest BCUT2D eigenvalue weighted by Crippen LogP contribution is 2.28. The number of carbonyl (C=O) groups excluding carboxylic acids is 2. The Kier molecular flexibility index (Phi) is 4.27. The minimum Gasteiger partial charge on any atom is -0.495 e. The first kappa shape index (κ1) is 16.7. The van der Waals surface area contributed by atoms with E-state index in [0.717, 1.165) is 5.56 Å². The molecule has 0 bridgehead atoms. The van der Waals surface area contributed by atoms with Crippen molar-refractivity contribution < 1.29 is 18.7 Å². The lowest BCUT2D eigenvalue weighted by Gasteiger charge is -2.10. The van der Waals surface area contributed by atoms with E-state index in [-0.39, 0.29) is 11.5 Å². The maximum atomic E-state index is 13.6. The van der Waals surface area contributed by atoms with Gasteiger partial charge in [0.2, 0.25) is 5.91 Å². The van der Waals surface area contributed by atoms with E-state index in [2.05, 4.69) is 5.32 Å². The third-order valence-electron chi connectivity index (χ3n) is 3.95. The number of fused-ring (bicyclic) bond motifs is 1. The lowest BCUT2D eigenvalue weighted by molar-refractivity contribution is 0.0941. The molecule has 2 aromatic carbocycles. The molecule has 3 rings (SSSR count). The molecule has 3 aromatic rings. The summed E-state index contributed by atoms with van der Waals surface area (Å²) in [6.45, 7) is 3.28. The van der Waals surface area contributed by atoms with Crippen LogP contribution in [0.15, 0.2) is 42.6 Å². The Morgan fingerprint density at radius 1 is 1.16 bits per heavy atom. The third-order valence-corrected chi connectivity index (χ3v) is 3.95. The smallest absolute Gasteiger partial charge is 0.257 e. The number of carbonyl (C=O) groups is 2. The predicted molar refractivity (Wildman–Crippen MR) is 93.9 cm³/mol. The number of rotatable bonds is 3. The van der Waals surface area contributed by atoms with Gasteiger partial charge in [-0.2, -0.15) is 0 Å². The molecule has 1 heterocycles. The maximum Gasteiger partial charge on any atom is 0.257 e. The van der Waals surface area contributed by atoms with E-state index in [1.807, 2.05) is 13.0 Å². The lowest BCUT2D eigenvalue weighted by Crippen LogP contribution is -2.13. The molecule has 0 unspecified atom stereocenters. The summed E-state index contributed by atoms with van der Waals surface area (Å²) >= 11 is 0. The summed E-state index contributed by atoms with van der Waals surface area (Å²) in [6, 6.07) is 9.39. The summed E-state index contributed by atoms with van der Waals surface area (Å²) in [5, 5.41) is 3.15. The molecular weight excluding hydrogens is 323 g/mol. The number of methoxy groups -OCH3 is 1. The first-order chi connectivity index (χ1) is 11.9. The topological polar surface area (TPSA) is 60.3 Å². The Hall–Kier alpha value is -3.15. The minimum atomic E-state index is -0.476. The molecule has 1 amide bonds. The number of ether oxygens (including phenoxy) is 1. The van der Waals surface area contributed by atoms with Crippen LogP contribution in [0.2, 0.25) is 0 Å². The van der Waals surface area contributed by atoms with Gasteiger partial charge in [-0.3, -0.25) is 14.2 Å². The molecule has 0 radical (unpaired) electrons. The second-order valence-electron chi connectivity index (χ2n) is 5.75. The van der Waals surface area contributed by atoms with Crippen molar-refractivity contribution in [3.63, 3.8) is 0 Å². The van der Waals surface area contributed by atoms with E-state index in [4.69, 9.17) is 4.74 Å². The van der Waals surface area contributed by atoms with Gasteiger partial charge in [-0.15, -0.1) is 0 Å². The number of aromatic nitrogens is 1. The van der Waals surface area contributed by atoms with Gasteiger partial charge in [0.15, 0.2) is 0 Å². The van der Waals surface area contributed by atoms with E-state index in [0.29, 0.717) is 22.3 Å². The Labute approximate surface area is 144 Å². The Morgan fingerprint density at radius 3 is 2.60 bits per heavy atom. The van der Waals surface area contributed by atoms with Gasteiger partial charge in [0, 0.05) is 18.5 Å². The van der Waals surface area contributed by atoms with Gasteiger partial charge >= 0.3 is 0 Å². The fraction of sp³-hybridized carbons (Fsp3) is 0.158. The van der Waals surface area contributed by atoms with Gasteiger partial charge in [0.05, 0.1) is 23.9 Å². The number of nitrogens with zero attached hydrogens (tertiary/aromatic N) is 1. The molecule has 0 aliphatic heterocycles. The van der Waals surface area contributed by atoms with Crippen LogP contribution < -0.4 is 10.1 Å². The molecular formula is C19H17FN2O3. The fourth-order valence-electron chi connectivity index (χ4n) is 2.75. The highest BCUT2D eigenvalue weighted by molar-refractivity contribution is 6.14. The molecule has 0 atom stereocenters. The molecule has 6 heteroatoms. The highest BCUT2D eigenvalue weighted by atomic mass is 19.1. The van der Waals surface area contributed by atoms with Gasteiger partial charge in [0.25, 0.3) is 5.91 Å². The third kappa shape index (κ3) is 3.10. The van der Waals surface area contributed by atoms with Crippen molar-refractivity contribution in [3.8, 4) is 5.75 Å². The molecule has 5 nitrogen and oxygen atoms in total. The Bertz CT molecular complexity index is 992. The van der Waals surface area contributed by atoms with Crippen molar-refractivity contribution in [1.82, 2.24) is 4.57 Å². The van der Waals surface area contributed by atoms with E-state index in [1.165, 1.54) is 43.0 Å². The van der Waals surface area contributed by atoms with Crippen molar-refractivity contribution in [2.45, 2.75) is 13.8 Å². The average molecular weight is 340 g/mol. The molecule has 0 spiro atoms. The van der Waals surface area contributed by atoms with Crippen molar-refractivity contribution in [2.75, 3.05) is 12.4 Å². The van der Waals surface area contributed by atoms with Gasteiger partial charge in [-0.1, -0.05) is 6.07 Å². The second-order valence-corrected chi connectivity index (χ2v) is 5.75. The van der Waals surface area contributed by atoms with Crippen LogP contribution in [0.25, 0.3) is 10.9 Å². The Balaban J connectivity index is 2.07. The van der Waals surface area contributed by atoms with Crippen LogP contribution in [0.5, 0.6) is 5.75 Å². The normalized spacial score (nSPS) is 10.7. The number of benzene rings is 2. The van der Waals surface area contributed by atoms with Crippen LogP contribution in [0, 0.1) is 12.7 Å². The molecule has 0 aliphatic rings. The average Bonchev–Trinajstić information content (AvgIpc) is 2.94. The summed E-state index contributed by atoms with van der Waals surface area (Å²) < 4.78 is 20.2. The SMILES string of the molecule is COc1ccc(C)cc1NC(=O)c1cn(C(C)=O)c2ccc(F)cc12. The van der Waals surface area contributed by atoms with Gasteiger partial charge in [-0.05, 0) is 42.8 Å². The summed E-state index contributed by atoms with van der Waals surface area (Å²) in [4.78, 5) is 24.5. The summed E-state index contributed by atoms with van der Waals surface area (Å²) in [6.07, 6.45) is 1.42. The highest BCUT2D eigenvalue weighted by Gasteiger charge is 2.18. The molecule has 0 fully saturated rings. The first-order valence-electron chi connectivity index (χ1n) is 7.68. The molecule has 1 N–H and O–H groups in total. The second kappa shape index (κ2) is 6.39. The minimum absolute atomic E-state index is 0.216. The number of nitrogens with one attached hydrogen (secondary N) is 1. The number of amides is 1. The summed E-state index contributed by atoms with van der Waals surface area (Å²) in [5.41, 5.74) is 2.16. The van der Waals surface area contributed by atoms with Crippen LogP contribution in [-0.4, -0.2) is 23.5 Å². The zero-order chi connectivity index (χ0) is 18.1. The molecule has 1 aromatic heterocycles. The standard InChI is InChI=1S/C19H17FN2O3/c1-11-4-7-18(25-3)16(8-11)21-19(24)15-10-22(12(2)23)17-6-5-13(20)9-14(15)17/h4-10H,1-3H3,(H,21,24). The van der Waals surface area contributed by atoms with Crippen LogP contribution in [0.3, 0.4) is 0 Å².